The third-order valence-corrected chi connectivity index (χ3v) is 6.60. The van der Waals surface area contributed by atoms with E-state index in [4.69, 9.17) is 4.74 Å². The largest absolute Gasteiger partial charge is 0.364 e. The first-order valence-corrected chi connectivity index (χ1v) is 11.3. The number of nitrogens with one attached hydrogen (secondary N) is 1. The van der Waals surface area contributed by atoms with Crippen LogP contribution >= 0.6 is 0 Å². The van der Waals surface area contributed by atoms with Crippen molar-refractivity contribution < 1.29 is 14.3 Å². The van der Waals surface area contributed by atoms with Crippen molar-refractivity contribution in [1.82, 2.24) is 14.8 Å². The quantitative estimate of drug-likeness (QED) is 0.779. The number of nitrogens with zero attached hydrogens (tertiary/aromatic N) is 2. The van der Waals surface area contributed by atoms with Crippen LogP contribution in [0.3, 0.4) is 0 Å². The summed E-state index contributed by atoms with van der Waals surface area (Å²) in [5, 5.41) is 3.14. The molecule has 3 heterocycles. The molecule has 2 saturated heterocycles. The van der Waals surface area contributed by atoms with Crippen molar-refractivity contribution in [3.8, 4) is 0 Å². The molecular weight excluding hydrogens is 406 g/mol. The lowest BCUT2D eigenvalue weighted by Gasteiger charge is -2.50. The number of carbonyl (C=O) groups excluding carboxylic acids is 2. The van der Waals surface area contributed by atoms with Crippen LogP contribution in [-0.2, 0) is 21.6 Å². The number of carbonyl (C=O) groups is 2. The third kappa shape index (κ3) is 4.09. The first-order chi connectivity index (χ1) is 15.3. The molecule has 0 unspecified atom stereocenters. The lowest BCUT2D eigenvalue weighted by atomic mass is 9.77. The molecule has 2 aliphatic rings. The fourth-order valence-corrected chi connectivity index (χ4v) is 4.70. The van der Waals surface area contributed by atoms with Gasteiger partial charge in [-0.15, -0.1) is 0 Å². The molecule has 4 rings (SSSR count). The van der Waals surface area contributed by atoms with E-state index >= 15 is 0 Å². The molecular formula is C25H31N3O4. The van der Waals surface area contributed by atoms with Gasteiger partial charge in [-0.25, -0.2) is 0 Å². The van der Waals surface area contributed by atoms with Crippen molar-refractivity contribution in [3.63, 3.8) is 0 Å². The Labute approximate surface area is 188 Å². The van der Waals surface area contributed by atoms with Crippen molar-refractivity contribution in [2.24, 2.45) is 5.92 Å². The minimum absolute atomic E-state index is 0.0341. The number of rotatable bonds is 5. The van der Waals surface area contributed by atoms with E-state index in [0.29, 0.717) is 37.5 Å². The van der Waals surface area contributed by atoms with Crippen molar-refractivity contribution in [1.29, 1.82) is 0 Å². The number of hydrogen-bond acceptors (Lipinski definition) is 4. The Hall–Kier alpha value is -2.93. The Kier molecular flexibility index (Phi) is 6.20. The highest BCUT2D eigenvalue weighted by atomic mass is 16.5. The van der Waals surface area contributed by atoms with Crippen LogP contribution in [0.1, 0.15) is 48.2 Å². The Bertz CT molecular complexity index is 1060. The van der Waals surface area contributed by atoms with Crippen LogP contribution < -0.4 is 10.9 Å². The standard InChI is InChI=1S/C25H31N3O4/c1-17(2)9-12-27-13-10-18(3)22(23(27)30)24(31)28-14-11-25(19-7-5-4-6-8-19)20(15-28)32-16-21(29)26-25/h4-8,10,13,17,20H,9,11-12,14-16H2,1-3H3,(H,26,29)/t20-,25+/m0/s1. The smallest absolute Gasteiger partial charge is 0.263 e. The Morgan fingerprint density at radius 3 is 2.69 bits per heavy atom. The lowest BCUT2D eigenvalue weighted by Crippen LogP contribution is -2.67. The Morgan fingerprint density at radius 2 is 1.97 bits per heavy atom. The number of pyridine rings is 1. The molecule has 0 saturated carbocycles. The van der Waals surface area contributed by atoms with E-state index < -0.39 is 5.54 Å². The molecule has 0 spiro atoms. The monoisotopic (exact) mass is 437 g/mol. The van der Waals surface area contributed by atoms with E-state index in [1.807, 2.05) is 36.4 Å². The molecule has 170 valence electrons. The van der Waals surface area contributed by atoms with E-state index in [1.54, 1.807) is 22.6 Å². The van der Waals surface area contributed by atoms with Crippen LogP contribution in [-0.4, -0.2) is 47.1 Å². The number of aryl methyl sites for hydroxylation is 2. The second-order valence-corrected chi connectivity index (χ2v) is 9.24. The number of morpholine rings is 1. The Morgan fingerprint density at radius 1 is 1.22 bits per heavy atom. The van der Waals surface area contributed by atoms with Gasteiger partial charge in [-0.3, -0.25) is 14.4 Å². The van der Waals surface area contributed by atoms with Crippen LogP contribution in [0.2, 0.25) is 0 Å². The summed E-state index contributed by atoms with van der Waals surface area (Å²) in [6.07, 6.45) is 2.78. The molecule has 32 heavy (non-hydrogen) atoms. The van der Waals surface area contributed by atoms with Crippen molar-refractivity contribution >= 4 is 11.8 Å². The summed E-state index contributed by atoms with van der Waals surface area (Å²) in [6, 6.07) is 11.6. The SMILES string of the molecule is Cc1ccn(CCC(C)C)c(=O)c1C(=O)N1CC[C@]2(c3ccccc3)NC(=O)CO[C@H]2C1. The summed E-state index contributed by atoms with van der Waals surface area (Å²) in [4.78, 5) is 40.5. The highest BCUT2D eigenvalue weighted by Crippen LogP contribution is 2.37. The predicted octanol–water partition coefficient (Wildman–Crippen LogP) is 2.46. The van der Waals surface area contributed by atoms with Gasteiger partial charge in [0.1, 0.15) is 18.3 Å². The van der Waals surface area contributed by atoms with Gasteiger partial charge in [0.05, 0.1) is 5.54 Å². The minimum Gasteiger partial charge on any atom is -0.364 e. The van der Waals surface area contributed by atoms with Crippen molar-refractivity contribution in [2.75, 3.05) is 19.7 Å². The maximum atomic E-state index is 13.5. The molecule has 2 aliphatic heterocycles. The van der Waals surface area contributed by atoms with Gasteiger partial charge >= 0.3 is 0 Å². The zero-order valence-electron chi connectivity index (χ0n) is 19.0. The summed E-state index contributed by atoms with van der Waals surface area (Å²) in [7, 11) is 0. The summed E-state index contributed by atoms with van der Waals surface area (Å²) in [5.74, 6) is 0.0413. The molecule has 0 aliphatic carbocycles. The van der Waals surface area contributed by atoms with Gasteiger partial charge in [-0.05, 0) is 42.9 Å². The molecule has 2 fully saturated rings. The van der Waals surface area contributed by atoms with Crippen LogP contribution in [0.5, 0.6) is 0 Å². The molecule has 7 heteroatoms. The fraction of sp³-hybridized carbons (Fsp3) is 0.480. The van der Waals surface area contributed by atoms with Crippen LogP contribution in [0.4, 0.5) is 0 Å². The molecule has 2 atom stereocenters. The number of fused-ring (bicyclic) bond motifs is 1. The number of aromatic nitrogens is 1. The first-order valence-electron chi connectivity index (χ1n) is 11.3. The van der Waals surface area contributed by atoms with Crippen LogP contribution in [0.25, 0.3) is 0 Å². The molecule has 7 nitrogen and oxygen atoms in total. The average molecular weight is 438 g/mol. The zero-order valence-corrected chi connectivity index (χ0v) is 19.0. The van der Waals surface area contributed by atoms with Gasteiger partial charge in [0.25, 0.3) is 11.5 Å². The van der Waals surface area contributed by atoms with Gasteiger partial charge < -0.3 is 19.5 Å². The maximum absolute atomic E-state index is 13.5. The summed E-state index contributed by atoms with van der Waals surface area (Å²) >= 11 is 0. The van der Waals surface area contributed by atoms with Crippen LogP contribution in [0, 0.1) is 12.8 Å². The van der Waals surface area contributed by atoms with Gasteiger partial charge in [0.15, 0.2) is 0 Å². The van der Waals surface area contributed by atoms with Crippen LogP contribution in [0.15, 0.2) is 47.4 Å². The second kappa shape index (κ2) is 8.90. The predicted molar refractivity (Wildman–Crippen MR) is 121 cm³/mol. The summed E-state index contributed by atoms with van der Waals surface area (Å²) < 4.78 is 7.56. The minimum atomic E-state index is -0.670. The summed E-state index contributed by atoms with van der Waals surface area (Å²) in [6.45, 7) is 7.32. The molecule has 1 aromatic heterocycles. The molecule has 1 N–H and O–H groups in total. The van der Waals surface area contributed by atoms with E-state index in [1.165, 1.54) is 0 Å². The van der Waals surface area contributed by atoms with Gasteiger partial charge in [-0.2, -0.15) is 0 Å². The number of benzene rings is 1. The first kappa shape index (κ1) is 22.3. The molecule has 2 aromatic rings. The molecule has 2 amide bonds. The molecule has 0 radical (unpaired) electrons. The maximum Gasteiger partial charge on any atom is 0.263 e. The van der Waals surface area contributed by atoms with E-state index in [2.05, 4.69) is 19.2 Å². The highest BCUT2D eigenvalue weighted by Gasteiger charge is 2.50. The van der Waals surface area contributed by atoms with Crippen molar-refractivity contribution in [2.45, 2.75) is 51.8 Å². The van der Waals surface area contributed by atoms with Gasteiger partial charge in [0.2, 0.25) is 5.91 Å². The summed E-state index contributed by atoms with van der Waals surface area (Å²) in [5.41, 5.74) is 0.962. The molecule has 0 bridgehead atoms. The Balaban J connectivity index is 1.61. The van der Waals surface area contributed by atoms with Gasteiger partial charge in [0, 0.05) is 25.8 Å². The number of likely N-dealkylation sites (tertiary alicyclic amines) is 1. The van der Waals surface area contributed by atoms with E-state index in [-0.39, 0.29) is 35.6 Å². The van der Waals surface area contributed by atoms with Crippen molar-refractivity contribution in [3.05, 3.63) is 69.6 Å². The number of amides is 2. The van der Waals surface area contributed by atoms with E-state index in [0.717, 1.165) is 12.0 Å². The normalized spacial score (nSPS) is 23.1. The topological polar surface area (TPSA) is 80.6 Å². The van der Waals surface area contributed by atoms with Gasteiger partial charge in [-0.1, -0.05) is 44.2 Å². The average Bonchev–Trinajstić information content (AvgIpc) is 2.78. The number of hydrogen-bond donors (Lipinski definition) is 1. The third-order valence-electron chi connectivity index (χ3n) is 6.60. The highest BCUT2D eigenvalue weighted by molar-refractivity contribution is 5.95. The lowest BCUT2D eigenvalue weighted by molar-refractivity contribution is -0.150. The second-order valence-electron chi connectivity index (χ2n) is 9.24. The number of piperidine rings is 1. The zero-order chi connectivity index (χ0) is 22.9. The van der Waals surface area contributed by atoms with E-state index in [9.17, 15) is 14.4 Å². The fourth-order valence-electron chi connectivity index (χ4n) is 4.70. The number of ether oxygens (including phenoxy) is 1. The molecule has 1 aromatic carbocycles.